The molecule has 1 saturated carbocycles. The lowest BCUT2D eigenvalue weighted by Gasteiger charge is -2.45. The van der Waals surface area contributed by atoms with Crippen LogP contribution >= 0.6 is 0 Å². The second-order valence-electron chi connectivity index (χ2n) is 10.3. The number of amides is 2. The summed E-state index contributed by atoms with van der Waals surface area (Å²) in [4.78, 5) is 45.6. The van der Waals surface area contributed by atoms with Crippen LogP contribution in [0.2, 0.25) is 0 Å². The highest BCUT2D eigenvalue weighted by Gasteiger charge is 2.41. The number of halogens is 1. The minimum atomic E-state index is -0.513. The third kappa shape index (κ3) is 4.10. The molecule has 0 radical (unpaired) electrons. The molecular formula is C27H32FN5O3. The van der Waals surface area contributed by atoms with E-state index in [9.17, 15) is 18.8 Å². The Morgan fingerprint density at radius 1 is 1.14 bits per heavy atom. The maximum Gasteiger partial charge on any atom is 0.274 e. The van der Waals surface area contributed by atoms with E-state index in [2.05, 4.69) is 22.2 Å². The van der Waals surface area contributed by atoms with Crippen LogP contribution in [-0.2, 0) is 0 Å². The molecule has 2 amide bonds. The van der Waals surface area contributed by atoms with Crippen molar-refractivity contribution < 1.29 is 14.0 Å². The first-order valence-corrected chi connectivity index (χ1v) is 12.6. The monoisotopic (exact) mass is 493 g/mol. The number of fused-ring (bicyclic) bond motifs is 1. The standard InChI is InChI=1S/C27H32FN5O3/c1-16-20(14-28)15-32(16)26(35)23-24(27(36)31(2)3)30-33-22(34)13-21(29-25(23)33)19-11-9-18(10-12-19)17-7-5-4-6-8-17/h9-13,16-17,20,29H,4-8,14-15H2,1-3H3. The van der Waals surface area contributed by atoms with Crippen molar-refractivity contribution >= 4 is 17.5 Å². The number of rotatable bonds is 5. The van der Waals surface area contributed by atoms with E-state index in [0.29, 0.717) is 11.6 Å². The Morgan fingerprint density at radius 2 is 1.83 bits per heavy atom. The van der Waals surface area contributed by atoms with Crippen LogP contribution in [0.1, 0.15) is 71.4 Å². The van der Waals surface area contributed by atoms with Crippen molar-refractivity contribution in [3.05, 3.63) is 57.5 Å². The van der Waals surface area contributed by atoms with Crippen molar-refractivity contribution in [2.45, 2.75) is 51.0 Å². The van der Waals surface area contributed by atoms with Crippen LogP contribution in [0.15, 0.2) is 35.1 Å². The number of hydrogen-bond acceptors (Lipinski definition) is 4. The predicted octanol–water partition coefficient (Wildman–Crippen LogP) is 3.87. The summed E-state index contributed by atoms with van der Waals surface area (Å²) < 4.78 is 14.3. The zero-order chi connectivity index (χ0) is 25.6. The average Bonchev–Trinajstić information content (AvgIpc) is 3.28. The molecule has 8 nitrogen and oxygen atoms in total. The third-order valence-corrected chi connectivity index (χ3v) is 7.80. The second kappa shape index (κ2) is 9.52. The number of alkyl halides is 1. The van der Waals surface area contributed by atoms with Gasteiger partial charge in [-0.2, -0.15) is 9.61 Å². The fourth-order valence-electron chi connectivity index (χ4n) is 5.41. The van der Waals surface area contributed by atoms with Gasteiger partial charge in [-0.1, -0.05) is 43.5 Å². The molecule has 1 aromatic carbocycles. The molecule has 2 unspecified atom stereocenters. The van der Waals surface area contributed by atoms with Crippen LogP contribution in [-0.4, -0.2) is 69.6 Å². The Bertz CT molecular complexity index is 1350. The van der Waals surface area contributed by atoms with Crippen molar-refractivity contribution in [3.63, 3.8) is 0 Å². The first kappa shape index (κ1) is 24.2. The lowest BCUT2D eigenvalue weighted by molar-refractivity contribution is 0.0139. The molecule has 0 bridgehead atoms. The molecule has 190 valence electrons. The maximum absolute atomic E-state index is 13.6. The van der Waals surface area contributed by atoms with Gasteiger partial charge in [-0.25, -0.2) is 0 Å². The molecule has 9 heteroatoms. The van der Waals surface area contributed by atoms with E-state index in [4.69, 9.17) is 0 Å². The molecule has 1 aliphatic carbocycles. The van der Waals surface area contributed by atoms with Gasteiger partial charge >= 0.3 is 0 Å². The number of nitrogens with one attached hydrogen (secondary N) is 1. The molecule has 5 rings (SSSR count). The van der Waals surface area contributed by atoms with Gasteiger partial charge in [0, 0.05) is 38.7 Å². The molecule has 3 aromatic rings. The van der Waals surface area contributed by atoms with Crippen molar-refractivity contribution in [2.24, 2.45) is 5.92 Å². The van der Waals surface area contributed by atoms with Crippen LogP contribution in [0.5, 0.6) is 0 Å². The minimum absolute atomic E-state index is 0.0376. The van der Waals surface area contributed by atoms with Gasteiger partial charge in [-0.3, -0.25) is 18.8 Å². The Morgan fingerprint density at radius 3 is 2.44 bits per heavy atom. The lowest BCUT2D eigenvalue weighted by atomic mass is 9.84. The smallest absolute Gasteiger partial charge is 0.274 e. The molecule has 0 spiro atoms. The summed E-state index contributed by atoms with van der Waals surface area (Å²) in [5.41, 5.74) is 2.31. The zero-order valence-corrected chi connectivity index (χ0v) is 21.0. The van der Waals surface area contributed by atoms with E-state index in [-0.39, 0.29) is 35.4 Å². The summed E-state index contributed by atoms with van der Waals surface area (Å²) in [5, 5.41) is 4.23. The van der Waals surface area contributed by atoms with Crippen molar-refractivity contribution in [1.29, 1.82) is 0 Å². The van der Waals surface area contributed by atoms with Gasteiger partial charge in [0.25, 0.3) is 17.4 Å². The molecule has 2 aliphatic rings. The summed E-state index contributed by atoms with van der Waals surface area (Å²) in [5.74, 6) is -0.586. The number of aromatic nitrogens is 3. The number of carbonyl (C=O) groups excluding carboxylic acids is 2. The normalized spacial score (nSPS) is 20.4. The Labute approximate surface area is 209 Å². The Balaban J connectivity index is 1.58. The minimum Gasteiger partial charge on any atom is -0.343 e. The molecule has 1 saturated heterocycles. The number of H-pyrrole nitrogens is 1. The van der Waals surface area contributed by atoms with E-state index >= 15 is 0 Å². The molecule has 36 heavy (non-hydrogen) atoms. The molecule has 3 heterocycles. The lowest BCUT2D eigenvalue weighted by Crippen LogP contribution is -2.58. The first-order chi connectivity index (χ1) is 17.3. The molecule has 2 atom stereocenters. The van der Waals surface area contributed by atoms with E-state index in [1.807, 2.05) is 12.1 Å². The van der Waals surface area contributed by atoms with Crippen molar-refractivity contribution in [2.75, 3.05) is 27.3 Å². The summed E-state index contributed by atoms with van der Waals surface area (Å²) in [6.45, 7) is 1.53. The highest BCUT2D eigenvalue weighted by atomic mass is 19.1. The van der Waals surface area contributed by atoms with E-state index in [1.54, 1.807) is 21.0 Å². The number of carbonyl (C=O) groups is 2. The van der Waals surface area contributed by atoms with Crippen LogP contribution in [0.4, 0.5) is 4.39 Å². The van der Waals surface area contributed by atoms with Gasteiger partial charge in [-0.15, -0.1) is 0 Å². The molecule has 2 aromatic heterocycles. The number of likely N-dealkylation sites (tertiary alicyclic amines) is 1. The fourth-order valence-corrected chi connectivity index (χ4v) is 5.41. The fraction of sp³-hybridized carbons (Fsp3) is 0.481. The average molecular weight is 494 g/mol. The van der Waals surface area contributed by atoms with Gasteiger partial charge in [-0.05, 0) is 36.8 Å². The van der Waals surface area contributed by atoms with Gasteiger partial charge < -0.3 is 14.8 Å². The van der Waals surface area contributed by atoms with Crippen molar-refractivity contribution in [1.82, 2.24) is 24.4 Å². The van der Waals surface area contributed by atoms with E-state index < -0.39 is 24.0 Å². The van der Waals surface area contributed by atoms with Crippen LogP contribution in [0.3, 0.4) is 0 Å². The van der Waals surface area contributed by atoms with Crippen LogP contribution < -0.4 is 5.56 Å². The summed E-state index contributed by atoms with van der Waals surface area (Å²) in [6, 6.07) is 9.31. The topological polar surface area (TPSA) is 90.8 Å². The van der Waals surface area contributed by atoms with E-state index in [0.717, 1.165) is 10.1 Å². The number of hydrogen-bond donors (Lipinski definition) is 1. The predicted molar refractivity (Wildman–Crippen MR) is 135 cm³/mol. The Hall–Kier alpha value is -3.49. The third-order valence-electron chi connectivity index (χ3n) is 7.80. The largest absolute Gasteiger partial charge is 0.343 e. The summed E-state index contributed by atoms with van der Waals surface area (Å²) >= 11 is 0. The molecule has 1 aliphatic heterocycles. The molecular weight excluding hydrogens is 461 g/mol. The summed E-state index contributed by atoms with van der Waals surface area (Å²) in [6.07, 6.45) is 6.20. The maximum atomic E-state index is 13.6. The number of benzene rings is 1. The van der Waals surface area contributed by atoms with Crippen LogP contribution in [0, 0.1) is 5.92 Å². The van der Waals surface area contributed by atoms with Gasteiger partial charge in [0.05, 0.1) is 12.4 Å². The van der Waals surface area contributed by atoms with Gasteiger partial charge in [0.1, 0.15) is 5.56 Å². The van der Waals surface area contributed by atoms with Crippen molar-refractivity contribution in [3.8, 4) is 11.3 Å². The molecule has 1 N–H and O–H groups in total. The SMILES string of the molecule is CC1C(CF)CN1C(=O)c1c(C(=O)N(C)C)nn2c(=O)cc(-c3ccc(C4CCCCC4)cc3)[nH]c12. The molecule has 2 fully saturated rings. The quantitative estimate of drug-likeness (QED) is 0.584. The number of nitrogens with zero attached hydrogens (tertiary/aromatic N) is 4. The first-order valence-electron chi connectivity index (χ1n) is 12.6. The van der Waals surface area contributed by atoms with Crippen LogP contribution in [0.25, 0.3) is 16.9 Å². The van der Waals surface area contributed by atoms with Gasteiger partial charge in [0.2, 0.25) is 0 Å². The van der Waals surface area contributed by atoms with E-state index in [1.165, 1.54) is 53.5 Å². The Kier molecular flexibility index (Phi) is 6.40. The summed E-state index contributed by atoms with van der Waals surface area (Å²) in [7, 11) is 3.13. The highest BCUT2D eigenvalue weighted by molar-refractivity contribution is 6.10. The zero-order valence-electron chi connectivity index (χ0n) is 21.0. The second-order valence-corrected chi connectivity index (χ2v) is 10.3. The highest BCUT2D eigenvalue weighted by Crippen LogP contribution is 2.34. The number of aromatic amines is 1. The van der Waals surface area contributed by atoms with Gasteiger partial charge in [0.15, 0.2) is 11.3 Å².